The van der Waals surface area contributed by atoms with Crippen molar-refractivity contribution in [3.8, 4) is 17.2 Å². The number of benzene rings is 2. The Kier molecular flexibility index (Phi) is 6.31. The minimum Gasteiger partial charge on any atom is -0.494 e. The number of rotatable bonds is 7. The van der Waals surface area contributed by atoms with E-state index in [4.69, 9.17) is 14.2 Å². The topological polar surface area (TPSA) is 108 Å². The molecule has 0 aliphatic carbocycles. The molecule has 0 N–H and O–H groups in total. The van der Waals surface area contributed by atoms with E-state index >= 15 is 0 Å². The van der Waals surface area contributed by atoms with Crippen molar-refractivity contribution in [3.05, 3.63) is 71.8 Å². The van der Waals surface area contributed by atoms with Crippen molar-refractivity contribution >= 4 is 28.8 Å². The van der Waals surface area contributed by atoms with Crippen molar-refractivity contribution in [1.82, 2.24) is 4.57 Å². The summed E-state index contributed by atoms with van der Waals surface area (Å²) in [5.74, 6) is 1.35. The van der Waals surface area contributed by atoms with Crippen LogP contribution in [0.4, 0.5) is 11.4 Å². The monoisotopic (exact) mass is 470 g/mol. The van der Waals surface area contributed by atoms with Crippen molar-refractivity contribution in [3.63, 3.8) is 0 Å². The molecule has 2 aromatic carbocycles. The first kappa shape index (κ1) is 22.3. The van der Waals surface area contributed by atoms with Crippen LogP contribution in [0.1, 0.15) is 12.5 Å². The van der Waals surface area contributed by atoms with Crippen molar-refractivity contribution in [2.75, 3.05) is 32.4 Å². The predicted octanol–water partition coefficient (Wildman–Crippen LogP) is 2.12. The summed E-state index contributed by atoms with van der Waals surface area (Å²) in [7, 11) is 2.85. The number of methoxy groups -OCH3 is 2. The molecule has 0 radical (unpaired) electrons. The van der Waals surface area contributed by atoms with Crippen molar-refractivity contribution < 1.29 is 19.1 Å². The number of hydrogen-bond acceptors (Lipinski definition) is 9. The van der Waals surface area contributed by atoms with Gasteiger partial charge in [0, 0.05) is 5.69 Å². The SMILES string of the molecule is CCOc1ccc(N2CN=c3s/c(=C\c4cc(OC)c(OC)cc4[N+](=O)[O-])c(=O)n3C2)cc1. The number of hydrogen-bond donors (Lipinski definition) is 0. The minimum atomic E-state index is -0.517. The van der Waals surface area contributed by atoms with Crippen LogP contribution in [-0.4, -0.2) is 37.0 Å². The lowest BCUT2D eigenvalue weighted by Gasteiger charge is -2.25. The highest BCUT2D eigenvalue weighted by atomic mass is 32.1. The summed E-state index contributed by atoms with van der Waals surface area (Å²) in [5, 5.41) is 11.6. The summed E-state index contributed by atoms with van der Waals surface area (Å²) in [6, 6.07) is 10.4. The number of nitrogens with zero attached hydrogens (tertiary/aromatic N) is 4. The lowest BCUT2D eigenvalue weighted by Crippen LogP contribution is -2.42. The first-order valence-electron chi connectivity index (χ1n) is 10.1. The molecule has 0 amide bonds. The van der Waals surface area contributed by atoms with Crippen LogP contribution >= 0.6 is 11.3 Å². The fourth-order valence-electron chi connectivity index (χ4n) is 3.49. The van der Waals surface area contributed by atoms with E-state index in [1.807, 2.05) is 36.1 Å². The maximum atomic E-state index is 13.1. The summed E-state index contributed by atoms with van der Waals surface area (Å²) in [4.78, 5) is 31.2. The molecule has 1 aromatic heterocycles. The van der Waals surface area contributed by atoms with Gasteiger partial charge < -0.3 is 19.1 Å². The second-order valence-corrected chi connectivity index (χ2v) is 8.07. The molecule has 1 aliphatic rings. The number of thiazole rings is 1. The number of anilines is 1. The number of aromatic nitrogens is 1. The molecule has 0 fully saturated rings. The van der Waals surface area contributed by atoms with Gasteiger partial charge in [-0.2, -0.15) is 0 Å². The zero-order valence-electron chi connectivity index (χ0n) is 18.3. The van der Waals surface area contributed by atoms with E-state index in [9.17, 15) is 14.9 Å². The Balaban J connectivity index is 1.72. The van der Waals surface area contributed by atoms with Crippen molar-refractivity contribution in [2.24, 2.45) is 4.99 Å². The van der Waals surface area contributed by atoms with E-state index in [1.54, 1.807) is 4.57 Å². The third kappa shape index (κ3) is 4.40. The molecule has 0 spiro atoms. The third-order valence-corrected chi connectivity index (χ3v) is 6.15. The Hall–Kier alpha value is -3.86. The molecule has 1 aliphatic heterocycles. The van der Waals surface area contributed by atoms with Gasteiger partial charge in [0.05, 0.1) is 41.9 Å². The summed E-state index contributed by atoms with van der Waals surface area (Å²) in [5.41, 5.74) is 0.708. The molecule has 10 nitrogen and oxygen atoms in total. The third-order valence-electron chi connectivity index (χ3n) is 5.11. The fraction of sp³-hybridized carbons (Fsp3) is 0.273. The molecule has 0 bridgehead atoms. The normalized spacial score (nSPS) is 13.3. The van der Waals surface area contributed by atoms with Crippen LogP contribution in [0.25, 0.3) is 6.08 Å². The number of nitro groups is 1. The average Bonchev–Trinajstić information content (AvgIpc) is 3.13. The van der Waals surface area contributed by atoms with Gasteiger partial charge in [-0.3, -0.25) is 19.5 Å². The molecule has 11 heteroatoms. The second-order valence-electron chi connectivity index (χ2n) is 7.06. The quantitative estimate of drug-likeness (QED) is 0.384. The van der Waals surface area contributed by atoms with Gasteiger partial charge >= 0.3 is 0 Å². The van der Waals surface area contributed by atoms with Crippen LogP contribution < -0.4 is 34.0 Å². The second kappa shape index (κ2) is 9.33. The highest BCUT2D eigenvalue weighted by molar-refractivity contribution is 7.07. The molecule has 0 atom stereocenters. The molecule has 4 rings (SSSR count). The van der Waals surface area contributed by atoms with Gasteiger partial charge in [-0.05, 0) is 43.3 Å². The van der Waals surface area contributed by atoms with E-state index in [1.165, 1.54) is 43.8 Å². The van der Waals surface area contributed by atoms with Gasteiger partial charge in [0.2, 0.25) is 0 Å². The smallest absolute Gasteiger partial charge is 0.280 e. The molecule has 0 unspecified atom stereocenters. The molecule has 3 aromatic rings. The van der Waals surface area contributed by atoms with Gasteiger partial charge in [0.15, 0.2) is 16.3 Å². The van der Waals surface area contributed by atoms with E-state index in [0.717, 1.165) is 11.4 Å². The average molecular weight is 471 g/mol. The lowest BCUT2D eigenvalue weighted by atomic mass is 10.1. The van der Waals surface area contributed by atoms with Crippen molar-refractivity contribution in [1.29, 1.82) is 0 Å². The maximum absolute atomic E-state index is 13.1. The molecule has 0 saturated heterocycles. The first-order chi connectivity index (χ1) is 15.9. The summed E-state index contributed by atoms with van der Waals surface area (Å²) in [6.45, 7) is 3.23. The zero-order chi connectivity index (χ0) is 23.5. The van der Waals surface area contributed by atoms with Crippen molar-refractivity contribution in [2.45, 2.75) is 13.6 Å². The highest BCUT2D eigenvalue weighted by Gasteiger charge is 2.20. The first-order valence-corrected chi connectivity index (χ1v) is 10.9. The zero-order valence-corrected chi connectivity index (χ0v) is 19.1. The van der Waals surface area contributed by atoms with Crippen LogP contribution in [0, 0.1) is 10.1 Å². The van der Waals surface area contributed by atoms with Gasteiger partial charge in [0.25, 0.3) is 11.2 Å². The van der Waals surface area contributed by atoms with E-state index in [0.29, 0.717) is 35.0 Å². The van der Waals surface area contributed by atoms with Crippen LogP contribution in [0.15, 0.2) is 46.2 Å². The Morgan fingerprint density at radius 3 is 2.52 bits per heavy atom. The Labute approximate surface area is 192 Å². The number of ether oxygens (including phenoxy) is 3. The molecule has 172 valence electrons. The number of fused-ring (bicyclic) bond motifs is 1. The van der Waals surface area contributed by atoms with E-state index < -0.39 is 4.92 Å². The van der Waals surface area contributed by atoms with Gasteiger partial charge in [-0.15, -0.1) is 0 Å². The fourth-order valence-corrected chi connectivity index (χ4v) is 4.45. The Morgan fingerprint density at radius 2 is 1.88 bits per heavy atom. The van der Waals surface area contributed by atoms with Crippen LogP contribution in [-0.2, 0) is 6.67 Å². The van der Waals surface area contributed by atoms with E-state index in [-0.39, 0.29) is 22.6 Å². The molecule has 0 saturated carbocycles. The van der Waals surface area contributed by atoms with E-state index in [2.05, 4.69) is 4.99 Å². The largest absolute Gasteiger partial charge is 0.494 e. The minimum absolute atomic E-state index is 0.184. The summed E-state index contributed by atoms with van der Waals surface area (Å²) < 4.78 is 17.8. The molecule has 2 heterocycles. The van der Waals surface area contributed by atoms with Gasteiger partial charge in [0.1, 0.15) is 19.1 Å². The highest BCUT2D eigenvalue weighted by Crippen LogP contribution is 2.34. The predicted molar refractivity (Wildman–Crippen MR) is 124 cm³/mol. The van der Waals surface area contributed by atoms with Crippen LogP contribution in [0.2, 0.25) is 0 Å². The van der Waals surface area contributed by atoms with Crippen LogP contribution in [0.5, 0.6) is 17.2 Å². The van der Waals surface area contributed by atoms with Gasteiger partial charge in [-0.1, -0.05) is 11.3 Å². The maximum Gasteiger partial charge on any atom is 0.280 e. The summed E-state index contributed by atoms with van der Waals surface area (Å²) >= 11 is 1.19. The molecular weight excluding hydrogens is 448 g/mol. The number of nitro benzene ring substituents is 1. The summed E-state index contributed by atoms with van der Waals surface area (Å²) in [6.07, 6.45) is 1.50. The standard InChI is InChI=1S/C22H22N4O6S/c1-4-32-16-7-5-15(6-8-16)24-12-23-22-25(13-24)21(27)20(33-22)10-14-9-18(30-2)19(31-3)11-17(14)26(28)29/h5-11H,4,12-13H2,1-3H3/b20-10-. The Bertz CT molecular complexity index is 1360. The Morgan fingerprint density at radius 1 is 1.18 bits per heavy atom. The molecular formula is C22H22N4O6S. The van der Waals surface area contributed by atoms with Crippen LogP contribution in [0.3, 0.4) is 0 Å². The molecule has 33 heavy (non-hydrogen) atoms. The lowest BCUT2D eigenvalue weighted by molar-refractivity contribution is -0.385. The van der Waals surface area contributed by atoms with Gasteiger partial charge in [-0.25, -0.2) is 4.99 Å².